The van der Waals surface area contributed by atoms with Crippen LogP contribution in [0.2, 0.25) is 0 Å². The SMILES string of the molecule is CC=C(C)c1oc(=O)c(C)c(O)c1C. The molecule has 1 N–H and O–H groups in total. The van der Waals surface area contributed by atoms with Crippen LogP contribution in [0.4, 0.5) is 0 Å². The minimum absolute atomic E-state index is 0.0254. The summed E-state index contributed by atoms with van der Waals surface area (Å²) < 4.78 is 5.09. The van der Waals surface area contributed by atoms with E-state index in [1.165, 1.54) is 0 Å². The fraction of sp³-hybridized carbons (Fsp3) is 0.364. The minimum Gasteiger partial charge on any atom is -0.507 e. The second-order valence-electron chi connectivity index (χ2n) is 3.29. The lowest BCUT2D eigenvalue weighted by molar-refractivity contribution is 0.428. The predicted molar refractivity (Wildman–Crippen MR) is 55.4 cm³/mol. The molecule has 0 saturated heterocycles. The summed E-state index contributed by atoms with van der Waals surface area (Å²) in [7, 11) is 0. The van der Waals surface area contributed by atoms with Gasteiger partial charge in [0.15, 0.2) is 0 Å². The van der Waals surface area contributed by atoms with E-state index in [0.29, 0.717) is 11.3 Å². The zero-order chi connectivity index (χ0) is 10.9. The molecule has 1 heterocycles. The van der Waals surface area contributed by atoms with E-state index < -0.39 is 5.63 Å². The molecule has 1 aromatic heterocycles. The van der Waals surface area contributed by atoms with Crippen molar-refractivity contribution < 1.29 is 9.52 Å². The molecule has 0 aliphatic rings. The topological polar surface area (TPSA) is 50.4 Å². The Morgan fingerprint density at radius 1 is 1.36 bits per heavy atom. The van der Waals surface area contributed by atoms with Crippen molar-refractivity contribution in [1.29, 1.82) is 0 Å². The van der Waals surface area contributed by atoms with Gasteiger partial charge in [-0.15, -0.1) is 0 Å². The van der Waals surface area contributed by atoms with Crippen molar-refractivity contribution in [2.45, 2.75) is 27.7 Å². The summed E-state index contributed by atoms with van der Waals surface area (Å²) in [6, 6.07) is 0. The second kappa shape index (κ2) is 3.70. The van der Waals surface area contributed by atoms with Crippen molar-refractivity contribution in [3.05, 3.63) is 33.4 Å². The van der Waals surface area contributed by atoms with Gasteiger partial charge in [0.25, 0.3) is 0 Å². The molecular weight excluding hydrogens is 180 g/mol. The molecular formula is C11H14O3. The number of aromatic hydroxyl groups is 1. The summed E-state index contributed by atoms with van der Waals surface area (Å²) in [4.78, 5) is 11.3. The quantitative estimate of drug-likeness (QED) is 0.746. The highest BCUT2D eigenvalue weighted by Crippen LogP contribution is 2.26. The number of rotatable bonds is 1. The first-order valence-electron chi connectivity index (χ1n) is 4.45. The highest BCUT2D eigenvalue weighted by atomic mass is 16.4. The highest BCUT2D eigenvalue weighted by molar-refractivity contribution is 5.63. The van der Waals surface area contributed by atoms with Gasteiger partial charge >= 0.3 is 5.63 Å². The normalized spacial score (nSPS) is 11.9. The highest BCUT2D eigenvalue weighted by Gasteiger charge is 2.13. The third-order valence-electron chi connectivity index (χ3n) is 2.34. The second-order valence-corrected chi connectivity index (χ2v) is 3.29. The molecule has 0 atom stereocenters. The third-order valence-corrected chi connectivity index (χ3v) is 2.34. The van der Waals surface area contributed by atoms with Gasteiger partial charge in [0.2, 0.25) is 0 Å². The van der Waals surface area contributed by atoms with Crippen LogP contribution in [0.25, 0.3) is 5.57 Å². The Balaban J connectivity index is 3.57. The molecule has 0 spiro atoms. The molecule has 3 nitrogen and oxygen atoms in total. The molecule has 0 fully saturated rings. The Morgan fingerprint density at radius 2 is 1.93 bits per heavy atom. The first kappa shape index (κ1) is 10.6. The van der Waals surface area contributed by atoms with Crippen LogP contribution in [0.15, 0.2) is 15.3 Å². The van der Waals surface area contributed by atoms with E-state index in [0.717, 1.165) is 5.57 Å². The number of allylic oxidation sites excluding steroid dienone is 2. The fourth-order valence-electron chi connectivity index (χ4n) is 1.24. The molecule has 0 unspecified atom stereocenters. The average molecular weight is 194 g/mol. The molecule has 1 aromatic rings. The van der Waals surface area contributed by atoms with Crippen LogP contribution in [0.5, 0.6) is 5.75 Å². The van der Waals surface area contributed by atoms with Crippen molar-refractivity contribution >= 4 is 5.57 Å². The van der Waals surface area contributed by atoms with Gasteiger partial charge in [0, 0.05) is 5.56 Å². The molecule has 0 radical (unpaired) electrons. The van der Waals surface area contributed by atoms with E-state index >= 15 is 0 Å². The third kappa shape index (κ3) is 1.58. The van der Waals surface area contributed by atoms with Gasteiger partial charge in [0.05, 0.1) is 5.56 Å². The van der Waals surface area contributed by atoms with Gasteiger partial charge < -0.3 is 9.52 Å². The van der Waals surface area contributed by atoms with Crippen molar-refractivity contribution in [3.8, 4) is 5.75 Å². The van der Waals surface area contributed by atoms with Gasteiger partial charge in [-0.2, -0.15) is 0 Å². The summed E-state index contributed by atoms with van der Waals surface area (Å²) in [5, 5.41) is 9.63. The van der Waals surface area contributed by atoms with Gasteiger partial charge in [-0.25, -0.2) is 4.79 Å². The lowest BCUT2D eigenvalue weighted by Gasteiger charge is -2.07. The Morgan fingerprint density at radius 3 is 2.43 bits per heavy atom. The van der Waals surface area contributed by atoms with Crippen LogP contribution in [-0.4, -0.2) is 5.11 Å². The largest absolute Gasteiger partial charge is 0.507 e. The first-order chi connectivity index (χ1) is 6.49. The molecule has 0 aliphatic heterocycles. The Bertz CT molecular complexity index is 439. The zero-order valence-electron chi connectivity index (χ0n) is 8.84. The molecule has 0 aliphatic carbocycles. The van der Waals surface area contributed by atoms with Crippen LogP contribution in [-0.2, 0) is 0 Å². The maximum Gasteiger partial charge on any atom is 0.342 e. The van der Waals surface area contributed by atoms with Crippen molar-refractivity contribution in [1.82, 2.24) is 0 Å². The van der Waals surface area contributed by atoms with E-state index in [4.69, 9.17) is 4.42 Å². The smallest absolute Gasteiger partial charge is 0.342 e. The molecule has 0 bridgehead atoms. The van der Waals surface area contributed by atoms with Gasteiger partial charge in [-0.1, -0.05) is 6.08 Å². The fourth-order valence-corrected chi connectivity index (χ4v) is 1.24. The summed E-state index contributed by atoms with van der Waals surface area (Å²) in [6.45, 7) is 6.96. The summed E-state index contributed by atoms with van der Waals surface area (Å²) in [5.74, 6) is 0.484. The molecule has 3 heteroatoms. The summed E-state index contributed by atoms with van der Waals surface area (Å²) in [5.41, 5.74) is 1.23. The van der Waals surface area contributed by atoms with Crippen LogP contribution >= 0.6 is 0 Å². The lowest BCUT2D eigenvalue weighted by Crippen LogP contribution is -2.06. The van der Waals surface area contributed by atoms with Crippen LogP contribution < -0.4 is 5.63 Å². The molecule has 14 heavy (non-hydrogen) atoms. The van der Waals surface area contributed by atoms with Gasteiger partial charge in [-0.3, -0.25) is 0 Å². The maximum atomic E-state index is 11.3. The van der Waals surface area contributed by atoms with E-state index in [-0.39, 0.29) is 11.3 Å². The van der Waals surface area contributed by atoms with E-state index in [9.17, 15) is 9.90 Å². The van der Waals surface area contributed by atoms with E-state index in [1.54, 1.807) is 13.8 Å². The number of hydrogen-bond acceptors (Lipinski definition) is 3. The molecule has 0 saturated carbocycles. The molecule has 76 valence electrons. The standard InChI is InChI=1S/C11H14O3/c1-5-6(2)10-7(3)9(12)8(4)11(13)14-10/h5,12H,1-4H3. The molecule has 0 aromatic carbocycles. The maximum absolute atomic E-state index is 11.3. The van der Waals surface area contributed by atoms with Crippen molar-refractivity contribution in [2.75, 3.05) is 0 Å². The zero-order valence-corrected chi connectivity index (χ0v) is 8.84. The summed E-state index contributed by atoms with van der Waals surface area (Å²) >= 11 is 0. The van der Waals surface area contributed by atoms with Crippen LogP contribution in [0.3, 0.4) is 0 Å². The van der Waals surface area contributed by atoms with Crippen LogP contribution in [0, 0.1) is 13.8 Å². The van der Waals surface area contributed by atoms with E-state index in [2.05, 4.69) is 0 Å². The average Bonchev–Trinajstić information content (AvgIpc) is 2.19. The van der Waals surface area contributed by atoms with Crippen molar-refractivity contribution in [3.63, 3.8) is 0 Å². The lowest BCUT2D eigenvalue weighted by atomic mass is 10.1. The Kier molecular flexibility index (Phi) is 2.79. The van der Waals surface area contributed by atoms with Crippen molar-refractivity contribution in [2.24, 2.45) is 0 Å². The molecule has 0 amide bonds. The Labute approximate surface area is 82.7 Å². The predicted octanol–water partition coefficient (Wildman–Crippen LogP) is 2.39. The van der Waals surface area contributed by atoms with Gasteiger partial charge in [-0.05, 0) is 33.3 Å². The molecule has 1 rings (SSSR count). The van der Waals surface area contributed by atoms with E-state index in [1.807, 2.05) is 19.9 Å². The number of hydrogen-bond donors (Lipinski definition) is 1. The Hall–Kier alpha value is -1.51. The summed E-state index contributed by atoms with van der Waals surface area (Å²) in [6.07, 6.45) is 1.83. The first-order valence-corrected chi connectivity index (χ1v) is 4.45. The minimum atomic E-state index is -0.482. The van der Waals surface area contributed by atoms with Gasteiger partial charge in [0.1, 0.15) is 11.5 Å². The van der Waals surface area contributed by atoms with Crippen LogP contribution in [0.1, 0.15) is 30.7 Å². The monoisotopic (exact) mass is 194 g/mol.